The number of hydrazine groups is 1. The first-order valence-corrected chi connectivity index (χ1v) is 7.69. The average molecular weight is 305 g/mol. The zero-order chi connectivity index (χ0) is 13.9. The van der Waals surface area contributed by atoms with Gasteiger partial charge in [-0.3, -0.25) is 10.2 Å². The molecule has 2 aromatic heterocycles. The van der Waals surface area contributed by atoms with Crippen LogP contribution in [0.2, 0.25) is 0 Å². The zero-order valence-corrected chi connectivity index (χ0v) is 12.0. The van der Waals surface area contributed by atoms with Crippen LogP contribution in [-0.2, 0) is 5.75 Å². The van der Waals surface area contributed by atoms with Gasteiger partial charge in [-0.05, 0) is 6.07 Å². The van der Waals surface area contributed by atoms with Crippen molar-refractivity contribution < 1.29 is 9.21 Å². The van der Waals surface area contributed by atoms with Crippen molar-refractivity contribution >= 4 is 40.0 Å². The van der Waals surface area contributed by atoms with Crippen LogP contribution in [0, 0.1) is 0 Å². The maximum atomic E-state index is 12.0. The van der Waals surface area contributed by atoms with Crippen LogP contribution >= 0.6 is 23.1 Å². The van der Waals surface area contributed by atoms with Gasteiger partial charge in [-0.25, -0.2) is 10.8 Å². The van der Waals surface area contributed by atoms with Crippen LogP contribution in [0.15, 0.2) is 44.6 Å². The predicted molar refractivity (Wildman–Crippen MR) is 79.5 cm³/mol. The Morgan fingerprint density at radius 2 is 2.30 bits per heavy atom. The highest BCUT2D eigenvalue weighted by Gasteiger charge is 2.20. The van der Waals surface area contributed by atoms with Crippen LogP contribution in [0.1, 0.15) is 16.1 Å². The number of benzene rings is 1. The van der Waals surface area contributed by atoms with Crippen molar-refractivity contribution in [3.05, 3.63) is 47.2 Å². The second-order valence-corrected chi connectivity index (χ2v) is 6.07. The molecule has 0 bridgehead atoms. The van der Waals surface area contributed by atoms with Gasteiger partial charge >= 0.3 is 0 Å². The minimum Gasteiger partial charge on any atom is -0.459 e. The highest BCUT2D eigenvalue weighted by atomic mass is 32.2. The summed E-state index contributed by atoms with van der Waals surface area (Å²) >= 11 is 3.08. The average Bonchev–Trinajstić information content (AvgIpc) is 3.11. The van der Waals surface area contributed by atoms with Crippen molar-refractivity contribution in [2.24, 2.45) is 5.84 Å². The molecule has 0 spiro atoms. The Morgan fingerprint density at radius 1 is 1.45 bits per heavy atom. The molecule has 0 atom stereocenters. The summed E-state index contributed by atoms with van der Waals surface area (Å²) in [7, 11) is 0. The third-order valence-electron chi connectivity index (χ3n) is 2.76. The number of thioether (sulfide) groups is 1. The van der Waals surface area contributed by atoms with Gasteiger partial charge in [-0.2, -0.15) is 0 Å². The van der Waals surface area contributed by atoms with Crippen molar-refractivity contribution in [1.82, 2.24) is 10.4 Å². The molecule has 5 nitrogen and oxygen atoms in total. The van der Waals surface area contributed by atoms with Gasteiger partial charge < -0.3 is 4.42 Å². The highest BCUT2D eigenvalue weighted by Crippen LogP contribution is 2.31. The number of aromatic nitrogens is 1. The molecular weight excluding hydrogens is 294 g/mol. The van der Waals surface area contributed by atoms with Crippen LogP contribution in [-0.4, -0.2) is 10.9 Å². The molecule has 7 heteroatoms. The van der Waals surface area contributed by atoms with Gasteiger partial charge in [-0.1, -0.05) is 30.0 Å². The minimum atomic E-state index is -0.343. The first-order chi connectivity index (χ1) is 9.79. The first-order valence-electron chi connectivity index (χ1n) is 5.83. The molecule has 0 saturated carbocycles. The van der Waals surface area contributed by atoms with Crippen LogP contribution in [0.4, 0.5) is 0 Å². The fourth-order valence-electron chi connectivity index (χ4n) is 1.93. The second-order valence-electron chi connectivity index (χ2n) is 3.96. The number of nitrogen functional groups attached to an aromatic ring is 1. The fourth-order valence-corrected chi connectivity index (χ4v) is 3.50. The Bertz CT molecular complexity index is 737. The van der Waals surface area contributed by atoms with E-state index < -0.39 is 0 Å². The Balaban J connectivity index is 1.98. The normalized spacial score (nSPS) is 10.8. The van der Waals surface area contributed by atoms with Crippen LogP contribution in [0.3, 0.4) is 0 Å². The summed E-state index contributed by atoms with van der Waals surface area (Å²) < 4.78 is 6.69. The van der Waals surface area contributed by atoms with E-state index in [-0.39, 0.29) is 5.91 Å². The molecule has 0 radical (unpaired) electrons. The number of fused-ring (bicyclic) bond motifs is 1. The van der Waals surface area contributed by atoms with E-state index in [1.807, 2.05) is 29.6 Å². The van der Waals surface area contributed by atoms with Crippen molar-refractivity contribution in [3.63, 3.8) is 0 Å². The largest absolute Gasteiger partial charge is 0.459 e. The van der Waals surface area contributed by atoms with Gasteiger partial charge in [0.2, 0.25) is 0 Å². The number of nitrogens with zero attached hydrogens (tertiary/aromatic N) is 1. The molecule has 3 rings (SSSR count). The molecule has 0 aliphatic rings. The lowest BCUT2D eigenvalue weighted by Gasteiger charge is -2.00. The zero-order valence-electron chi connectivity index (χ0n) is 10.3. The standard InChI is InChI=1S/C13H11N3O2S2/c14-16-12(17)11-8-3-1-2-4-9(8)18-10(11)7-20-13-15-5-6-19-13/h1-6H,7,14H2,(H,16,17). The lowest BCUT2D eigenvalue weighted by molar-refractivity contribution is 0.0953. The van der Waals surface area contributed by atoms with Crippen molar-refractivity contribution in [2.75, 3.05) is 0 Å². The number of carbonyl (C=O) groups is 1. The molecule has 1 aromatic carbocycles. The fraction of sp³-hybridized carbons (Fsp3) is 0.0769. The molecule has 0 aliphatic carbocycles. The van der Waals surface area contributed by atoms with E-state index in [1.165, 1.54) is 11.8 Å². The summed E-state index contributed by atoms with van der Waals surface area (Å²) in [6.07, 6.45) is 1.75. The van der Waals surface area contributed by atoms with E-state index in [0.29, 0.717) is 22.7 Å². The number of amides is 1. The number of hydrogen-bond acceptors (Lipinski definition) is 6. The highest BCUT2D eigenvalue weighted by molar-refractivity contribution is 8.00. The van der Waals surface area contributed by atoms with E-state index in [0.717, 1.165) is 9.73 Å². The number of hydrogen-bond donors (Lipinski definition) is 2. The molecule has 3 N–H and O–H groups in total. The van der Waals surface area contributed by atoms with Gasteiger partial charge in [0.05, 0.1) is 11.3 Å². The lowest BCUT2D eigenvalue weighted by atomic mass is 10.1. The molecule has 3 aromatic rings. The third kappa shape index (κ3) is 2.43. The maximum Gasteiger partial charge on any atom is 0.269 e. The topological polar surface area (TPSA) is 81.1 Å². The van der Waals surface area contributed by atoms with E-state index in [9.17, 15) is 4.79 Å². The van der Waals surface area contributed by atoms with Gasteiger partial charge in [0.15, 0.2) is 0 Å². The Kier molecular flexibility index (Phi) is 3.72. The van der Waals surface area contributed by atoms with Crippen LogP contribution in [0.5, 0.6) is 0 Å². The number of furan rings is 1. The quantitative estimate of drug-likeness (QED) is 0.335. The summed E-state index contributed by atoms with van der Waals surface area (Å²) in [5, 5.41) is 2.68. The molecule has 0 aliphatic heterocycles. The summed E-state index contributed by atoms with van der Waals surface area (Å²) in [6, 6.07) is 7.41. The van der Waals surface area contributed by atoms with Gasteiger partial charge in [0.25, 0.3) is 5.91 Å². The van der Waals surface area contributed by atoms with E-state index in [1.54, 1.807) is 17.5 Å². The lowest BCUT2D eigenvalue weighted by Crippen LogP contribution is -2.30. The minimum absolute atomic E-state index is 0.343. The Morgan fingerprint density at radius 3 is 3.05 bits per heavy atom. The summed E-state index contributed by atoms with van der Waals surface area (Å²) in [5.74, 6) is 6.05. The number of para-hydroxylation sites is 1. The molecule has 2 heterocycles. The first kappa shape index (κ1) is 13.2. The van der Waals surface area contributed by atoms with Crippen LogP contribution < -0.4 is 11.3 Å². The number of nitrogens with one attached hydrogen (secondary N) is 1. The SMILES string of the molecule is NNC(=O)c1c(CSc2nccs2)oc2ccccc12. The van der Waals surface area contributed by atoms with Gasteiger partial charge in [0, 0.05) is 17.0 Å². The van der Waals surface area contributed by atoms with Crippen molar-refractivity contribution in [1.29, 1.82) is 0 Å². The Hall–Kier alpha value is -1.83. The summed E-state index contributed by atoms with van der Waals surface area (Å²) in [4.78, 5) is 16.1. The maximum absolute atomic E-state index is 12.0. The summed E-state index contributed by atoms with van der Waals surface area (Å²) in [6.45, 7) is 0. The molecule has 0 fully saturated rings. The second kappa shape index (κ2) is 5.66. The monoisotopic (exact) mass is 305 g/mol. The number of rotatable bonds is 4. The number of nitrogens with two attached hydrogens (primary N) is 1. The molecule has 20 heavy (non-hydrogen) atoms. The molecule has 0 saturated heterocycles. The number of thiazole rings is 1. The molecule has 1 amide bonds. The van der Waals surface area contributed by atoms with Crippen LogP contribution in [0.25, 0.3) is 11.0 Å². The Labute approximate surface area is 123 Å². The van der Waals surface area contributed by atoms with Gasteiger partial charge in [0.1, 0.15) is 15.7 Å². The van der Waals surface area contributed by atoms with Gasteiger partial charge in [-0.15, -0.1) is 11.3 Å². The van der Waals surface area contributed by atoms with Crippen molar-refractivity contribution in [2.45, 2.75) is 10.1 Å². The third-order valence-corrected chi connectivity index (χ3v) is 4.73. The number of carbonyl (C=O) groups excluding carboxylic acids is 1. The molecule has 102 valence electrons. The predicted octanol–water partition coefficient (Wildman–Crippen LogP) is 2.79. The van der Waals surface area contributed by atoms with E-state index in [2.05, 4.69) is 10.4 Å². The van der Waals surface area contributed by atoms with E-state index in [4.69, 9.17) is 10.3 Å². The summed E-state index contributed by atoms with van der Waals surface area (Å²) in [5.41, 5.74) is 3.35. The molecule has 0 unspecified atom stereocenters. The molecular formula is C13H11N3O2S2. The van der Waals surface area contributed by atoms with E-state index >= 15 is 0 Å². The van der Waals surface area contributed by atoms with Crippen molar-refractivity contribution in [3.8, 4) is 0 Å². The smallest absolute Gasteiger partial charge is 0.269 e.